The Morgan fingerprint density at radius 3 is 2.55 bits per heavy atom. The summed E-state index contributed by atoms with van der Waals surface area (Å²) >= 11 is 0. The fourth-order valence-electron chi connectivity index (χ4n) is 2.17. The first-order valence-corrected chi connectivity index (χ1v) is 7.52. The van der Waals surface area contributed by atoms with E-state index in [0.29, 0.717) is 6.54 Å². The molecule has 5 nitrogen and oxygen atoms in total. The van der Waals surface area contributed by atoms with Crippen molar-refractivity contribution in [2.45, 2.75) is 20.4 Å². The van der Waals surface area contributed by atoms with Gasteiger partial charge in [0.1, 0.15) is 5.82 Å². The molecule has 0 aliphatic heterocycles. The molecule has 0 bridgehead atoms. The van der Waals surface area contributed by atoms with Crippen LogP contribution >= 0.6 is 0 Å². The molecule has 2 amide bonds. The first kappa shape index (κ1) is 15.8. The molecule has 0 fully saturated rings. The fourth-order valence-corrected chi connectivity index (χ4v) is 2.17. The summed E-state index contributed by atoms with van der Waals surface area (Å²) in [5.41, 5.74) is 1.80. The summed E-state index contributed by atoms with van der Waals surface area (Å²) in [6.45, 7) is 6.49. The minimum Gasteiger partial charge on any atom is -0.357 e. The Bertz CT molecular complexity index is 597. The second-order valence-electron chi connectivity index (χ2n) is 4.87. The van der Waals surface area contributed by atoms with E-state index in [2.05, 4.69) is 34.4 Å². The van der Waals surface area contributed by atoms with E-state index in [9.17, 15) is 4.79 Å². The third kappa shape index (κ3) is 4.48. The van der Waals surface area contributed by atoms with Gasteiger partial charge in [-0.25, -0.2) is 9.78 Å². The smallest absolute Gasteiger partial charge is 0.319 e. The van der Waals surface area contributed by atoms with Crippen LogP contribution in [-0.2, 0) is 6.54 Å². The van der Waals surface area contributed by atoms with Crippen LogP contribution in [-0.4, -0.2) is 24.1 Å². The van der Waals surface area contributed by atoms with E-state index < -0.39 is 0 Å². The Labute approximate surface area is 131 Å². The number of nitrogens with zero attached hydrogens (tertiary/aromatic N) is 2. The van der Waals surface area contributed by atoms with Crippen molar-refractivity contribution in [1.29, 1.82) is 0 Å². The molecule has 0 saturated heterocycles. The Kier molecular flexibility index (Phi) is 5.77. The van der Waals surface area contributed by atoms with Crippen LogP contribution in [0.2, 0.25) is 0 Å². The molecule has 0 atom stereocenters. The maximum Gasteiger partial charge on any atom is 0.319 e. The number of anilines is 2. The van der Waals surface area contributed by atoms with Gasteiger partial charge >= 0.3 is 6.03 Å². The molecule has 1 aromatic carbocycles. The average Bonchev–Trinajstić information content (AvgIpc) is 2.55. The van der Waals surface area contributed by atoms with Crippen molar-refractivity contribution in [2.24, 2.45) is 0 Å². The zero-order chi connectivity index (χ0) is 15.8. The second kappa shape index (κ2) is 8.02. The molecule has 0 spiro atoms. The fraction of sp³-hybridized carbons (Fsp3) is 0.294. The lowest BCUT2D eigenvalue weighted by atomic mass is 10.2. The summed E-state index contributed by atoms with van der Waals surface area (Å²) in [6, 6.07) is 13.1. The molecule has 2 rings (SSSR count). The molecule has 0 aliphatic rings. The number of aromatic nitrogens is 1. The molecule has 2 aromatic rings. The Hall–Kier alpha value is -2.56. The highest BCUT2D eigenvalue weighted by Crippen LogP contribution is 2.12. The Morgan fingerprint density at radius 1 is 1.14 bits per heavy atom. The number of pyridine rings is 1. The van der Waals surface area contributed by atoms with Crippen LogP contribution in [0.5, 0.6) is 0 Å². The summed E-state index contributed by atoms with van der Waals surface area (Å²) in [4.78, 5) is 18.4. The van der Waals surface area contributed by atoms with E-state index >= 15 is 0 Å². The minimum atomic E-state index is -0.215. The number of urea groups is 1. The van der Waals surface area contributed by atoms with Gasteiger partial charge in [-0.05, 0) is 43.7 Å². The van der Waals surface area contributed by atoms with E-state index in [1.54, 1.807) is 6.20 Å². The summed E-state index contributed by atoms with van der Waals surface area (Å²) in [5.74, 6) is 0.938. The van der Waals surface area contributed by atoms with Crippen molar-refractivity contribution in [1.82, 2.24) is 10.3 Å². The molecule has 2 N–H and O–H groups in total. The molecule has 5 heteroatoms. The maximum atomic E-state index is 11.9. The zero-order valence-electron chi connectivity index (χ0n) is 13.0. The van der Waals surface area contributed by atoms with Gasteiger partial charge in [-0.15, -0.1) is 0 Å². The summed E-state index contributed by atoms with van der Waals surface area (Å²) in [5, 5.41) is 5.65. The highest BCUT2D eigenvalue weighted by Gasteiger charge is 2.05. The predicted molar refractivity (Wildman–Crippen MR) is 90.1 cm³/mol. The van der Waals surface area contributed by atoms with Gasteiger partial charge in [0.2, 0.25) is 0 Å². The van der Waals surface area contributed by atoms with Crippen molar-refractivity contribution in [3.05, 3.63) is 54.2 Å². The predicted octanol–water partition coefficient (Wildman–Crippen LogP) is 3.25. The number of para-hydroxylation sites is 1. The van der Waals surface area contributed by atoms with Gasteiger partial charge in [-0.1, -0.05) is 18.2 Å². The first-order chi connectivity index (χ1) is 10.7. The first-order valence-electron chi connectivity index (χ1n) is 7.52. The van der Waals surface area contributed by atoms with E-state index in [4.69, 9.17) is 0 Å². The SMILES string of the molecule is CCN(CC)c1cc(CNC(=O)Nc2ccccc2)ccn1. The number of hydrogen-bond donors (Lipinski definition) is 2. The minimum absolute atomic E-state index is 0.215. The Morgan fingerprint density at radius 2 is 1.86 bits per heavy atom. The molecular weight excluding hydrogens is 276 g/mol. The molecule has 116 valence electrons. The maximum absolute atomic E-state index is 11.9. The standard InChI is InChI=1S/C17H22N4O/c1-3-21(4-2)16-12-14(10-11-18-16)13-19-17(22)20-15-8-6-5-7-9-15/h5-12H,3-4,13H2,1-2H3,(H2,19,20,22). The molecule has 0 saturated carbocycles. The molecule has 1 heterocycles. The third-order valence-corrected chi connectivity index (χ3v) is 3.38. The number of benzene rings is 1. The molecular formula is C17H22N4O. The van der Waals surface area contributed by atoms with Crippen LogP contribution in [0.15, 0.2) is 48.7 Å². The number of nitrogens with one attached hydrogen (secondary N) is 2. The number of carbonyl (C=O) groups excluding carboxylic acids is 1. The van der Waals surface area contributed by atoms with Crippen molar-refractivity contribution in [2.75, 3.05) is 23.3 Å². The van der Waals surface area contributed by atoms with Crippen LogP contribution in [0.3, 0.4) is 0 Å². The van der Waals surface area contributed by atoms with Gasteiger partial charge in [0.25, 0.3) is 0 Å². The molecule has 0 aliphatic carbocycles. The van der Waals surface area contributed by atoms with Crippen molar-refractivity contribution in [3.63, 3.8) is 0 Å². The van der Waals surface area contributed by atoms with Gasteiger partial charge in [-0.2, -0.15) is 0 Å². The number of amides is 2. The van der Waals surface area contributed by atoms with Crippen molar-refractivity contribution >= 4 is 17.5 Å². The highest BCUT2D eigenvalue weighted by molar-refractivity contribution is 5.89. The van der Waals surface area contributed by atoms with Crippen LogP contribution in [0.1, 0.15) is 19.4 Å². The summed E-state index contributed by atoms with van der Waals surface area (Å²) < 4.78 is 0. The van der Waals surface area contributed by atoms with Gasteiger partial charge in [-0.3, -0.25) is 0 Å². The van der Waals surface area contributed by atoms with Gasteiger partial charge in [0, 0.05) is 31.5 Å². The lowest BCUT2D eigenvalue weighted by molar-refractivity contribution is 0.251. The Balaban J connectivity index is 1.91. The topological polar surface area (TPSA) is 57.3 Å². The average molecular weight is 298 g/mol. The summed E-state index contributed by atoms with van der Waals surface area (Å²) in [6.07, 6.45) is 1.78. The highest BCUT2D eigenvalue weighted by atomic mass is 16.2. The number of carbonyl (C=O) groups is 1. The quantitative estimate of drug-likeness (QED) is 0.860. The van der Waals surface area contributed by atoms with Crippen molar-refractivity contribution < 1.29 is 4.79 Å². The van der Waals surface area contributed by atoms with E-state index in [1.807, 2.05) is 42.5 Å². The number of hydrogen-bond acceptors (Lipinski definition) is 3. The molecule has 1 aromatic heterocycles. The molecule has 0 unspecified atom stereocenters. The van der Waals surface area contributed by atoms with Crippen LogP contribution in [0.25, 0.3) is 0 Å². The van der Waals surface area contributed by atoms with Gasteiger partial charge in [0.05, 0.1) is 0 Å². The zero-order valence-corrected chi connectivity index (χ0v) is 13.0. The number of rotatable bonds is 6. The monoisotopic (exact) mass is 298 g/mol. The van der Waals surface area contributed by atoms with Crippen LogP contribution in [0.4, 0.5) is 16.3 Å². The third-order valence-electron chi connectivity index (χ3n) is 3.38. The normalized spacial score (nSPS) is 10.1. The lowest BCUT2D eigenvalue weighted by Crippen LogP contribution is -2.28. The molecule has 0 radical (unpaired) electrons. The van der Waals surface area contributed by atoms with E-state index in [-0.39, 0.29) is 6.03 Å². The van der Waals surface area contributed by atoms with E-state index in [1.165, 1.54) is 0 Å². The van der Waals surface area contributed by atoms with E-state index in [0.717, 1.165) is 30.2 Å². The van der Waals surface area contributed by atoms with Gasteiger partial charge < -0.3 is 15.5 Å². The largest absolute Gasteiger partial charge is 0.357 e. The lowest BCUT2D eigenvalue weighted by Gasteiger charge is -2.20. The summed E-state index contributed by atoms with van der Waals surface area (Å²) in [7, 11) is 0. The van der Waals surface area contributed by atoms with Gasteiger partial charge in [0.15, 0.2) is 0 Å². The van der Waals surface area contributed by atoms with Crippen LogP contribution < -0.4 is 15.5 Å². The molecule has 22 heavy (non-hydrogen) atoms. The van der Waals surface area contributed by atoms with Crippen molar-refractivity contribution in [3.8, 4) is 0 Å². The second-order valence-corrected chi connectivity index (χ2v) is 4.87. The van der Waals surface area contributed by atoms with Crippen LogP contribution in [0, 0.1) is 0 Å².